The van der Waals surface area contributed by atoms with Gasteiger partial charge in [0.25, 0.3) is 0 Å². The van der Waals surface area contributed by atoms with Crippen LogP contribution < -0.4 is 5.32 Å². The molecule has 1 aliphatic rings. The molecule has 0 aromatic carbocycles. The summed E-state index contributed by atoms with van der Waals surface area (Å²) in [5.41, 5.74) is -0.350. The fourth-order valence-electron chi connectivity index (χ4n) is 2.55. The fraction of sp³-hybridized carbons (Fsp3) is 0.923. The fourth-order valence-corrected chi connectivity index (χ4v) is 2.55. The van der Waals surface area contributed by atoms with Crippen LogP contribution in [0.5, 0.6) is 0 Å². The highest BCUT2D eigenvalue weighted by Crippen LogP contribution is 2.30. The lowest BCUT2D eigenvalue weighted by Gasteiger charge is -2.33. The van der Waals surface area contributed by atoms with E-state index in [1.54, 1.807) is 0 Å². The molecule has 0 saturated carbocycles. The topological polar surface area (TPSA) is 58.6 Å². The molecule has 2 atom stereocenters. The number of hydrogen-bond acceptors (Lipinski definition) is 4. The number of esters is 1. The summed E-state index contributed by atoms with van der Waals surface area (Å²) in [5, 5.41) is 12.3. The quantitative estimate of drug-likeness (QED) is 0.737. The molecule has 0 aromatic heterocycles. The van der Waals surface area contributed by atoms with Crippen molar-refractivity contribution in [3.8, 4) is 0 Å². The van der Waals surface area contributed by atoms with E-state index in [1.807, 2.05) is 13.8 Å². The third-order valence-electron chi connectivity index (χ3n) is 2.73. The maximum Gasteiger partial charge on any atom is 0.323 e. The Bertz CT molecular complexity index is 281. The standard InChI is InChI=1S/C13H25NO3/c1-12(2,3)8-13(4,5)17-11(16)10-6-9(15)7-14-10/h9-10,14-15H,6-8H2,1-5H3/t9-,10+/m1/s1. The number of carbonyl (C=O) groups excluding carboxylic acids is 1. The number of rotatable bonds is 3. The molecule has 0 aromatic rings. The average Bonchev–Trinajstić information content (AvgIpc) is 2.45. The molecule has 0 amide bonds. The highest BCUT2D eigenvalue weighted by molar-refractivity contribution is 5.76. The maximum absolute atomic E-state index is 11.9. The first-order valence-electron chi connectivity index (χ1n) is 6.23. The van der Waals surface area contributed by atoms with Gasteiger partial charge in [-0.3, -0.25) is 4.79 Å². The molecule has 4 nitrogen and oxygen atoms in total. The molecule has 0 radical (unpaired) electrons. The molecule has 17 heavy (non-hydrogen) atoms. The zero-order valence-corrected chi connectivity index (χ0v) is 11.5. The molecule has 1 rings (SSSR count). The minimum absolute atomic E-state index is 0.117. The smallest absolute Gasteiger partial charge is 0.323 e. The van der Waals surface area contributed by atoms with E-state index >= 15 is 0 Å². The first kappa shape index (κ1) is 14.5. The Hall–Kier alpha value is -0.610. The molecule has 0 spiro atoms. The van der Waals surface area contributed by atoms with E-state index in [9.17, 15) is 9.90 Å². The van der Waals surface area contributed by atoms with E-state index in [0.717, 1.165) is 6.42 Å². The van der Waals surface area contributed by atoms with E-state index in [-0.39, 0.29) is 17.4 Å². The summed E-state index contributed by atoms with van der Waals surface area (Å²) in [6.45, 7) is 10.7. The van der Waals surface area contributed by atoms with E-state index in [4.69, 9.17) is 4.74 Å². The van der Waals surface area contributed by atoms with Gasteiger partial charge in [0.15, 0.2) is 0 Å². The monoisotopic (exact) mass is 243 g/mol. The summed E-state index contributed by atoms with van der Waals surface area (Å²) in [7, 11) is 0. The van der Waals surface area contributed by atoms with Crippen LogP contribution in [0.15, 0.2) is 0 Å². The van der Waals surface area contributed by atoms with Gasteiger partial charge in [0.2, 0.25) is 0 Å². The van der Waals surface area contributed by atoms with Gasteiger partial charge < -0.3 is 15.2 Å². The third kappa shape index (κ3) is 5.04. The minimum atomic E-state index is -0.468. The number of carbonyl (C=O) groups is 1. The lowest BCUT2D eigenvalue weighted by Crippen LogP contribution is -2.40. The summed E-state index contributed by atoms with van der Waals surface area (Å²) < 4.78 is 5.53. The predicted octanol–water partition coefficient (Wildman–Crippen LogP) is 1.47. The van der Waals surface area contributed by atoms with Crippen molar-refractivity contribution >= 4 is 5.97 Å². The first-order chi connectivity index (χ1) is 7.59. The normalized spacial score (nSPS) is 26.0. The van der Waals surface area contributed by atoms with E-state index in [0.29, 0.717) is 13.0 Å². The van der Waals surface area contributed by atoms with Crippen LogP contribution in [0.2, 0.25) is 0 Å². The van der Waals surface area contributed by atoms with Crippen LogP contribution in [0.4, 0.5) is 0 Å². The second kappa shape index (κ2) is 4.94. The Kier molecular flexibility index (Phi) is 4.20. The van der Waals surface area contributed by atoms with Crippen LogP contribution >= 0.6 is 0 Å². The van der Waals surface area contributed by atoms with Gasteiger partial charge in [-0.2, -0.15) is 0 Å². The average molecular weight is 243 g/mol. The van der Waals surface area contributed by atoms with Crippen LogP contribution in [0.1, 0.15) is 47.5 Å². The highest BCUT2D eigenvalue weighted by Gasteiger charge is 2.35. The van der Waals surface area contributed by atoms with Crippen LogP contribution in [0.3, 0.4) is 0 Å². The molecule has 0 bridgehead atoms. The van der Waals surface area contributed by atoms with Gasteiger partial charge >= 0.3 is 5.97 Å². The Morgan fingerprint density at radius 3 is 2.35 bits per heavy atom. The number of aliphatic hydroxyl groups excluding tert-OH is 1. The molecule has 1 saturated heterocycles. The predicted molar refractivity (Wildman–Crippen MR) is 66.7 cm³/mol. The van der Waals surface area contributed by atoms with Gasteiger partial charge in [-0.15, -0.1) is 0 Å². The summed E-state index contributed by atoms with van der Waals surface area (Å²) >= 11 is 0. The summed E-state index contributed by atoms with van der Waals surface area (Å²) in [6, 6.07) is -0.357. The van der Waals surface area contributed by atoms with Gasteiger partial charge in [-0.1, -0.05) is 20.8 Å². The number of aliphatic hydroxyl groups is 1. The van der Waals surface area contributed by atoms with Gasteiger partial charge in [0.05, 0.1) is 6.10 Å². The van der Waals surface area contributed by atoms with Gasteiger partial charge in [0.1, 0.15) is 11.6 Å². The van der Waals surface area contributed by atoms with Crippen molar-refractivity contribution < 1.29 is 14.6 Å². The number of hydrogen-bond donors (Lipinski definition) is 2. The van der Waals surface area contributed by atoms with Crippen molar-refractivity contribution in [2.75, 3.05) is 6.54 Å². The largest absolute Gasteiger partial charge is 0.458 e. The van der Waals surface area contributed by atoms with Gasteiger partial charge in [-0.25, -0.2) is 0 Å². The van der Waals surface area contributed by atoms with Crippen LogP contribution in [0.25, 0.3) is 0 Å². The molecule has 0 unspecified atom stereocenters. The Labute approximate surface area is 104 Å². The van der Waals surface area contributed by atoms with Gasteiger partial charge in [0, 0.05) is 13.0 Å². The van der Waals surface area contributed by atoms with Crippen molar-refractivity contribution in [3.05, 3.63) is 0 Å². The molecule has 1 aliphatic heterocycles. The number of ether oxygens (including phenoxy) is 1. The van der Waals surface area contributed by atoms with Crippen molar-refractivity contribution in [3.63, 3.8) is 0 Å². The Morgan fingerprint density at radius 2 is 1.94 bits per heavy atom. The summed E-state index contributed by atoms with van der Waals surface area (Å²) in [6.07, 6.45) is 0.823. The molecule has 1 fully saturated rings. The van der Waals surface area contributed by atoms with E-state index in [1.165, 1.54) is 0 Å². The molecule has 0 aliphatic carbocycles. The Balaban J connectivity index is 2.50. The molecule has 2 N–H and O–H groups in total. The minimum Gasteiger partial charge on any atom is -0.458 e. The molecular formula is C13H25NO3. The molecular weight excluding hydrogens is 218 g/mol. The molecule has 100 valence electrons. The SMILES string of the molecule is CC(C)(C)CC(C)(C)OC(=O)[C@@H]1C[C@@H](O)CN1. The highest BCUT2D eigenvalue weighted by atomic mass is 16.6. The summed E-state index contributed by atoms with van der Waals surface area (Å²) in [5.74, 6) is -0.254. The van der Waals surface area contributed by atoms with Crippen LogP contribution in [0, 0.1) is 5.41 Å². The lowest BCUT2D eigenvalue weighted by molar-refractivity contribution is -0.161. The van der Waals surface area contributed by atoms with Crippen LogP contribution in [-0.4, -0.2) is 35.4 Å². The van der Waals surface area contributed by atoms with E-state index in [2.05, 4.69) is 26.1 Å². The third-order valence-corrected chi connectivity index (χ3v) is 2.73. The molecule has 4 heteroatoms. The number of nitrogens with one attached hydrogen (secondary N) is 1. The van der Waals surface area contributed by atoms with Crippen molar-refractivity contribution in [2.45, 2.75) is 65.2 Å². The second-order valence-electron chi connectivity index (χ2n) is 6.77. The second-order valence-corrected chi connectivity index (χ2v) is 6.77. The first-order valence-corrected chi connectivity index (χ1v) is 6.23. The Morgan fingerprint density at radius 1 is 1.35 bits per heavy atom. The van der Waals surface area contributed by atoms with Crippen molar-refractivity contribution in [1.29, 1.82) is 0 Å². The number of β-amino-alcohol motifs (C(OH)–C–C–N with tert-alkyl or cyclic N) is 1. The zero-order chi connectivity index (χ0) is 13.3. The summed E-state index contributed by atoms with van der Waals surface area (Å²) in [4.78, 5) is 11.9. The zero-order valence-electron chi connectivity index (χ0n) is 11.5. The van der Waals surface area contributed by atoms with Crippen molar-refractivity contribution in [2.24, 2.45) is 5.41 Å². The lowest BCUT2D eigenvalue weighted by atomic mass is 9.83. The molecule has 1 heterocycles. The van der Waals surface area contributed by atoms with Crippen LogP contribution in [-0.2, 0) is 9.53 Å². The maximum atomic E-state index is 11.9. The van der Waals surface area contributed by atoms with E-state index < -0.39 is 11.7 Å². The van der Waals surface area contributed by atoms with Gasteiger partial charge in [-0.05, 0) is 25.7 Å². The van der Waals surface area contributed by atoms with Crippen molar-refractivity contribution in [1.82, 2.24) is 5.32 Å².